The van der Waals surface area contributed by atoms with E-state index in [-0.39, 0.29) is 11.0 Å². The molecule has 1 aliphatic heterocycles. The van der Waals surface area contributed by atoms with E-state index in [0.717, 1.165) is 17.9 Å². The highest BCUT2D eigenvalue weighted by molar-refractivity contribution is 7.92. The molecular formula is C16H17NO4S. The van der Waals surface area contributed by atoms with Gasteiger partial charge in [0.15, 0.2) is 0 Å². The molecule has 1 N–H and O–H groups in total. The van der Waals surface area contributed by atoms with E-state index in [9.17, 15) is 8.42 Å². The second-order valence-electron chi connectivity index (χ2n) is 5.17. The van der Waals surface area contributed by atoms with Crippen molar-refractivity contribution in [3.63, 3.8) is 0 Å². The molecule has 0 saturated carbocycles. The predicted octanol–water partition coefficient (Wildman–Crippen LogP) is 2.57. The van der Waals surface area contributed by atoms with Crippen molar-refractivity contribution in [2.24, 2.45) is 0 Å². The maximum Gasteiger partial charge on any atom is 0.261 e. The number of benzene rings is 2. The molecule has 0 spiro atoms. The van der Waals surface area contributed by atoms with Crippen LogP contribution in [0.2, 0.25) is 0 Å². The number of rotatable bonds is 6. The summed E-state index contributed by atoms with van der Waals surface area (Å²) >= 11 is 0. The number of aryl methyl sites for hydroxylation is 1. The lowest BCUT2D eigenvalue weighted by atomic mass is 10.2. The summed E-state index contributed by atoms with van der Waals surface area (Å²) < 4.78 is 37.8. The van der Waals surface area contributed by atoms with Crippen LogP contribution in [0.1, 0.15) is 5.56 Å². The third-order valence-electron chi connectivity index (χ3n) is 3.31. The summed E-state index contributed by atoms with van der Waals surface area (Å²) in [5.41, 5.74) is 1.38. The minimum absolute atomic E-state index is 0.190. The Morgan fingerprint density at radius 2 is 1.95 bits per heavy atom. The Morgan fingerprint density at radius 1 is 1.23 bits per heavy atom. The molecule has 1 fully saturated rings. The van der Waals surface area contributed by atoms with Crippen LogP contribution in [0.25, 0.3) is 0 Å². The van der Waals surface area contributed by atoms with Gasteiger partial charge in [-0.15, -0.1) is 0 Å². The standard InChI is InChI=1S/C16H17NO4S/c1-12-9-13(7-8-16(12)21-11-14-10-20-14)17-22(18,19)15-5-3-2-4-6-15/h2-9,14,17H,10-11H2,1H3. The van der Waals surface area contributed by atoms with Crippen molar-refractivity contribution in [3.8, 4) is 5.75 Å². The zero-order chi connectivity index (χ0) is 15.6. The molecule has 1 unspecified atom stereocenters. The van der Waals surface area contributed by atoms with Crippen molar-refractivity contribution in [3.05, 3.63) is 54.1 Å². The van der Waals surface area contributed by atoms with Crippen molar-refractivity contribution in [2.45, 2.75) is 17.9 Å². The molecular weight excluding hydrogens is 302 g/mol. The highest BCUT2D eigenvalue weighted by Gasteiger charge is 2.23. The van der Waals surface area contributed by atoms with E-state index in [4.69, 9.17) is 9.47 Å². The Kier molecular flexibility index (Phi) is 4.04. The SMILES string of the molecule is Cc1cc(NS(=O)(=O)c2ccccc2)ccc1OCC1CO1. The Morgan fingerprint density at radius 3 is 2.59 bits per heavy atom. The fourth-order valence-electron chi connectivity index (χ4n) is 2.04. The van der Waals surface area contributed by atoms with Crippen LogP contribution < -0.4 is 9.46 Å². The van der Waals surface area contributed by atoms with Gasteiger partial charge >= 0.3 is 0 Å². The average Bonchev–Trinajstić information content (AvgIpc) is 3.31. The van der Waals surface area contributed by atoms with Gasteiger partial charge in [-0.1, -0.05) is 18.2 Å². The summed E-state index contributed by atoms with van der Waals surface area (Å²) in [4.78, 5) is 0.235. The van der Waals surface area contributed by atoms with Crippen molar-refractivity contribution in [1.29, 1.82) is 0 Å². The van der Waals surface area contributed by atoms with Crippen LogP contribution in [0.4, 0.5) is 5.69 Å². The minimum atomic E-state index is -3.57. The average molecular weight is 319 g/mol. The number of sulfonamides is 1. The van der Waals surface area contributed by atoms with Gasteiger partial charge in [-0.25, -0.2) is 8.42 Å². The summed E-state index contributed by atoms with van der Waals surface area (Å²) in [6.45, 7) is 3.15. The second-order valence-corrected chi connectivity index (χ2v) is 6.85. The normalized spacial score (nSPS) is 17.0. The Hall–Kier alpha value is -2.05. The molecule has 3 rings (SSSR count). The lowest BCUT2D eigenvalue weighted by molar-refractivity contribution is 0.262. The van der Waals surface area contributed by atoms with E-state index in [1.165, 1.54) is 0 Å². The summed E-state index contributed by atoms with van der Waals surface area (Å²) in [7, 11) is -3.57. The number of hydrogen-bond donors (Lipinski definition) is 1. The van der Waals surface area contributed by atoms with Crippen LogP contribution in [-0.2, 0) is 14.8 Å². The summed E-state index contributed by atoms with van der Waals surface area (Å²) in [5, 5.41) is 0. The molecule has 116 valence electrons. The minimum Gasteiger partial charge on any atom is -0.491 e. The van der Waals surface area contributed by atoms with E-state index in [2.05, 4.69) is 4.72 Å². The summed E-state index contributed by atoms with van der Waals surface area (Å²) in [5.74, 6) is 0.734. The molecule has 1 heterocycles. The van der Waals surface area contributed by atoms with Gasteiger partial charge in [-0.05, 0) is 42.8 Å². The number of anilines is 1. The maximum atomic E-state index is 12.3. The van der Waals surface area contributed by atoms with Crippen LogP contribution in [0, 0.1) is 6.92 Å². The number of epoxide rings is 1. The zero-order valence-electron chi connectivity index (χ0n) is 12.2. The molecule has 0 radical (unpaired) electrons. The largest absolute Gasteiger partial charge is 0.491 e. The van der Waals surface area contributed by atoms with Gasteiger partial charge in [-0.3, -0.25) is 4.72 Å². The first-order valence-corrected chi connectivity index (χ1v) is 8.46. The van der Waals surface area contributed by atoms with Crippen LogP contribution in [-0.4, -0.2) is 27.7 Å². The molecule has 6 heteroatoms. The van der Waals surface area contributed by atoms with Crippen LogP contribution in [0.5, 0.6) is 5.75 Å². The van der Waals surface area contributed by atoms with E-state index >= 15 is 0 Å². The first kappa shape index (κ1) is 14.9. The Bertz CT molecular complexity index is 755. The Balaban J connectivity index is 1.73. The molecule has 1 saturated heterocycles. The van der Waals surface area contributed by atoms with E-state index in [0.29, 0.717) is 12.3 Å². The second kappa shape index (κ2) is 5.98. The van der Waals surface area contributed by atoms with Crippen molar-refractivity contribution in [2.75, 3.05) is 17.9 Å². The highest BCUT2D eigenvalue weighted by atomic mass is 32.2. The van der Waals surface area contributed by atoms with Gasteiger partial charge in [-0.2, -0.15) is 0 Å². The van der Waals surface area contributed by atoms with E-state index in [1.807, 2.05) is 6.92 Å². The topological polar surface area (TPSA) is 67.9 Å². The van der Waals surface area contributed by atoms with E-state index < -0.39 is 10.0 Å². The highest BCUT2D eigenvalue weighted by Crippen LogP contribution is 2.25. The molecule has 2 aromatic rings. The third kappa shape index (κ3) is 3.58. The smallest absolute Gasteiger partial charge is 0.261 e. The molecule has 5 nitrogen and oxygen atoms in total. The fourth-order valence-corrected chi connectivity index (χ4v) is 3.11. The van der Waals surface area contributed by atoms with E-state index in [1.54, 1.807) is 48.5 Å². The lowest BCUT2D eigenvalue weighted by Crippen LogP contribution is -2.13. The van der Waals surface area contributed by atoms with Crippen molar-refractivity contribution >= 4 is 15.7 Å². The van der Waals surface area contributed by atoms with Crippen LogP contribution >= 0.6 is 0 Å². The predicted molar refractivity (Wildman–Crippen MR) is 83.7 cm³/mol. The molecule has 2 aromatic carbocycles. The molecule has 22 heavy (non-hydrogen) atoms. The molecule has 0 bridgehead atoms. The number of hydrogen-bond acceptors (Lipinski definition) is 4. The molecule has 0 amide bonds. The maximum absolute atomic E-state index is 12.3. The first-order chi connectivity index (χ1) is 10.5. The molecule has 0 aliphatic carbocycles. The third-order valence-corrected chi connectivity index (χ3v) is 4.70. The summed E-state index contributed by atoms with van der Waals surface area (Å²) in [6, 6.07) is 13.5. The van der Waals surface area contributed by atoms with Gasteiger partial charge in [0, 0.05) is 5.69 Å². The zero-order valence-corrected chi connectivity index (χ0v) is 13.0. The Labute approximate surface area is 129 Å². The van der Waals surface area contributed by atoms with Crippen molar-refractivity contribution < 1.29 is 17.9 Å². The quantitative estimate of drug-likeness (QED) is 0.831. The monoisotopic (exact) mass is 319 g/mol. The molecule has 0 aromatic heterocycles. The van der Waals surface area contributed by atoms with Crippen LogP contribution in [0.15, 0.2) is 53.4 Å². The lowest BCUT2D eigenvalue weighted by Gasteiger charge is -2.12. The summed E-state index contributed by atoms with van der Waals surface area (Å²) in [6.07, 6.45) is 0.190. The first-order valence-electron chi connectivity index (χ1n) is 6.97. The van der Waals surface area contributed by atoms with Crippen molar-refractivity contribution in [1.82, 2.24) is 0 Å². The van der Waals surface area contributed by atoms with Gasteiger partial charge in [0.2, 0.25) is 0 Å². The number of ether oxygens (including phenoxy) is 2. The number of nitrogens with one attached hydrogen (secondary N) is 1. The molecule has 1 atom stereocenters. The van der Waals surface area contributed by atoms with Gasteiger partial charge < -0.3 is 9.47 Å². The van der Waals surface area contributed by atoms with Crippen LogP contribution in [0.3, 0.4) is 0 Å². The van der Waals surface area contributed by atoms with Gasteiger partial charge in [0.05, 0.1) is 11.5 Å². The fraction of sp³-hybridized carbons (Fsp3) is 0.250. The van der Waals surface area contributed by atoms with Gasteiger partial charge in [0.1, 0.15) is 18.5 Å². The van der Waals surface area contributed by atoms with Gasteiger partial charge in [0.25, 0.3) is 10.0 Å². The molecule has 1 aliphatic rings.